The summed E-state index contributed by atoms with van der Waals surface area (Å²) in [6.45, 7) is 8.23. The van der Waals surface area contributed by atoms with Gasteiger partial charge in [-0.25, -0.2) is 0 Å². The Labute approximate surface area is 161 Å². The Morgan fingerprint density at radius 2 is 2.08 bits per heavy atom. The number of nitrogens with one attached hydrogen (secondary N) is 1. The van der Waals surface area contributed by atoms with Crippen LogP contribution >= 0.6 is 11.6 Å². The number of morpholine rings is 1. The fourth-order valence-corrected chi connectivity index (χ4v) is 4.00. The standard InChI is InChI=1S/C20H30ClN3O2/c21-19-6-1-4-17(14-19)15-24-8-2-5-18(16-24)20(25)22-7-3-9-23-10-12-26-13-11-23/h1,4,6,14,18H,2-3,5,7-13,15-16H2,(H,22,25). The number of rotatable bonds is 7. The Bertz CT molecular complexity index is 578. The number of piperidine rings is 1. The zero-order valence-electron chi connectivity index (χ0n) is 15.5. The van der Waals surface area contributed by atoms with Gasteiger partial charge in [-0.2, -0.15) is 0 Å². The smallest absolute Gasteiger partial charge is 0.224 e. The van der Waals surface area contributed by atoms with Gasteiger partial charge in [0.15, 0.2) is 0 Å². The number of nitrogens with zero attached hydrogens (tertiary/aromatic N) is 2. The van der Waals surface area contributed by atoms with E-state index in [1.165, 1.54) is 5.56 Å². The largest absolute Gasteiger partial charge is 0.379 e. The molecule has 0 radical (unpaired) electrons. The predicted molar refractivity (Wildman–Crippen MR) is 104 cm³/mol. The minimum atomic E-state index is 0.103. The molecule has 6 heteroatoms. The Hall–Kier alpha value is -1.14. The first-order valence-electron chi connectivity index (χ1n) is 9.75. The molecule has 2 aliphatic rings. The number of halogens is 1. The van der Waals surface area contributed by atoms with Gasteiger partial charge in [0.25, 0.3) is 0 Å². The second-order valence-corrected chi connectivity index (χ2v) is 7.74. The lowest BCUT2D eigenvalue weighted by Crippen LogP contribution is -2.43. The van der Waals surface area contributed by atoms with Crippen LogP contribution < -0.4 is 5.32 Å². The van der Waals surface area contributed by atoms with Crippen LogP contribution in [0.5, 0.6) is 0 Å². The molecule has 5 nitrogen and oxygen atoms in total. The number of likely N-dealkylation sites (tertiary alicyclic amines) is 1. The van der Waals surface area contributed by atoms with E-state index in [0.29, 0.717) is 0 Å². The molecule has 0 spiro atoms. The molecule has 1 atom stereocenters. The van der Waals surface area contributed by atoms with Gasteiger partial charge in [0.05, 0.1) is 19.1 Å². The van der Waals surface area contributed by atoms with E-state index >= 15 is 0 Å². The molecule has 2 aliphatic heterocycles. The number of amides is 1. The molecule has 1 unspecified atom stereocenters. The van der Waals surface area contributed by atoms with Crippen LogP contribution in [-0.2, 0) is 16.1 Å². The monoisotopic (exact) mass is 379 g/mol. The Morgan fingerprint density at radius 3 is 2.88 bits per heavy atom. The van der Waals surface area contributed by atoms with Crippen molar-refractivity contribution in [1.29, 1.82) is 0 Å². The van der Waals surface area contributed by atoms with Gasteiger partial charge in [0, 0.05) is 37.7 Å². The van der Waals surface area contributed by atoms with Crippen LogP contribution in [0.3, 0.4) is 0 Å². The lowest BCUT2D eigenvalue weighted by atomic mass is 9.96. The second kappa shape index (κ2) is 10.3. The zero-order valence-corrected chi connectivity index (χ0v) is 16.2. The molecule has 0 bridgehead atoms. The van der Waals surface area contributed by atoms with Crippen molar-refractivity contribution in [2.24, 2.45) is 5.92 Å². The minimum absolute atomic E-state index is 0.103. The molecular weight excluding hydrogens is 350 g/mol. The Kier molecular flexibility index (Phi) is 7.74. The summed E-state index contributed by atoms with van der Waals surface area (Å²) in [6, 6.07) is 7.99. The van der Waals surface area contributed by atoms with Crippen LogP contribution in [-0.4, -0.2) is 68.2 Å². The summed E-state index contributed by atoms with van der Waals surface area (Å²) < 4.78 is 5.36. The summed E-state index contributed by atoms with van der Waals surface area (Å²) >= 11 is 6.08. The lowest BCUT2D eigenvalue weighted by molar-refractivity contribution is -0.126. The normalized spacial score (nSPS) is 22.3. The van der Waals surface area contributed by atoms with Crippen LogP contribution in [0.15, 0.2) is 24.3 Å². The highest BCUT2D eigenvalue weighted by Crippen LogP contribution is 2.20. The number of carbonyl (C=O) groups excluding carboxylic acids is 1. The van der Waals surface area contributed by atoms with Crippen molar-refractivity contribution in [2.75, 3.05) is 52.5 Å². The van der Waals surface area contributed by atoms with Crippen molar-refractivity contribution < 1.29 is 9.53 Å². The molecule has 1 aromatic carbocycles. The first-order valence-corrected chi connectivity index (χ1v) is 10.1. The number of ether oxygens (including phenoxy) is 1. The number of hydrogen-bond donors (Lipinski definition) is 1. The van der Waals surface area contributed by atoms with Gasteiger partial charge >= 0.3 is 0 Å². The van der Waals surface area contributed by atoms with Crippen LogP contribution in [0.2, 0.25) is 5.02 Å². The molecule has 26 heavy (non-hydrogen) atoms. The molecule has 2 fully saturated rings. The SMILES string of the molecule is O=C(NCCCN1CCOCC1)C1CCCN(Cc2cccc(Cl)c2)C1. The predicted octanol–water partition coefficient (Wildman–Crippen LogP) is 2.39. The van der Waals surface area contributed by atoms with Crippen molar-refractivity contribution in [2.45, 2.75) is 25.8 Å². The third-order valence-electron chi connectivity index (χ3n) is 5.23. The maximum Gasteiger partial charge on any atom is 0.224 e. The Balaban J connectivity index is 1.37. The van der Waals surface area contributed by atoms with Crippen molar-refractivity contribution in [3.8, 4) is 0 Å². The van der Waals surface area contributed by atoms with Crippen molar-refractivity contribution in [3.05, 3.63) is 34.9 Å². The van der Waals surface area contributed by atoms with Crippen LogP contribution in [0, 0.1) is 5.92 Å². The van der Waals surface area contributed by atoms with Gasteiger partial charge < -0.3 is 10.1 Å². The third kappa shape index (κ3) is 6.23. The summed E-state index contributed by atoms with van der Waals surface area (Å²) in [5.74, 6) is 0.314. The molecular formula is C20H30ClN3O2. The van der Waals surface area contributed by atoms with Crippen LogP contribution in [0.1, 0.15) is 24.8 Å². The van der Waals surface area contributed by atoms with E-state index in [0.717, 1.165) is 83.3 Å². The molecule has 2 heterocycles. The van der Waals surface area contributed by atoms with Gasteiger partial charge in [-0.1, -0.05) is 23.7 Å². The summed E-state index contributed by atoms with van der Waals surface area (Å²) in [5, 5.41) is 3.91. The number of hydrogen-bond acceptors (Lipinski definition) is 4. The van der Waals surface area contributed by atoms with E-state index in [2.05, 4.69) is 21.2 Å². The van der Waals surface area contributed by atoms with Crippen molar-refractivity contribution in [3.63, 3.8) is 0 Å². The molecule has 1 aromatic rings. The van der Waals surface area contributed by atoms with E-state index in [4.69, 9.17) is 16.3 Å². The summed E-state index contributed by atoms with van der Waals surface area (Å²) in [5.41, 5.74) is 1.21. The fraction of sp³-hybridized carbons (Fsp3) is 0.650. The van der Waals surface area contributed by atoms with Gasteiger partial charge in [-0.05, 0) is 50.0 Å². The quantitative estimate of drug-likeness (QED) is 0.739. The first-order chi connectivity index (χ1) is 12.7. The molecule has 1 N–H and O–H groups in total. The van der Waals surface area contributed by atoms with E-state index in [9.17, 15) is 4.79 Å². The molecule has 1 amide bonds. The average molecular weight is 380 g/mol. The van der Waals surface area contributed by atoms with Gasteiger partial charge in [0.1, 0.15) is 0 Å². The van der Waals surface area contributed by atoms with E-state index in [1.54, 1.807) is 0 Å². The highest BCUT2D eigenvalue weighted by atomic mass is 35.5. The molecule has 2 saturated heterocycles. The fourth-order valence-electron chi connectivity index (χ4n) is 3.79. The maximum atomic E-state index is 12.5. The molecule has 144 valence electrons. The third-order valence-corrected chi connectivity index (χ3v) is 5.46. The maximum absolute atomic E-state index is 12.5. The molecule has 3 rings (SSSR count). The summed E-state index contributed by atoms with van der Waals surface area (Å²) in [4.78, 5) is 17.3. The molecule has 0 aliphatic carbocycles. The average Bonchev–Trinajstić information content (AvgIpc) is 2.66. The summed E-state index contributed by atoms with van der Waals surface area (Å²) in [7, 11) is 0. The number of benzene rings is 1. The Morgan fingerprint density at radius 1 is 1.23 bits per heavy atom. The minimum Gasteiger partial charge on any atom is -0.379 e. The van der Waals surface area contributed by atoms with Gasteiger partial charge in [0.2, 0.25) is 5.91 Å². The van der Waals surface area contributed by atoms with E-state index < -0.39 is 0 Å². The lowest BCUT2D eigenvalue weighted by Gasteiger charge is -2.32. The van der Waals surface area contributed by atoms with E-state index in [1.807, 2.05) is 18.2 Å². The van der Waals surface area contributed by atoms with Crippen LogP contribution in [0.25, 0.3) is 0 Å². The zero-order chi connectivity index (χ0) is 18.2. The van der Waals surface area contributed by atoms with Gasteiger partial charge in [-0.3, -0.25) is 14.6 Å². The van der Waals surface area contributed by atoms with Crippen molar-refractivity contribution in [1.82, 2.24) is 15.1 Å². The first kappa shape index (κ1) is 19.6. The summed E-state index contributed by atoms with van der Waals surface area (Å²) in [6.07, 6.45) is 3.07. The topological polar surface area (TPSA) is 44.8 Å². The highest BCUT2D eigenvalue weighted by molar-refractivity contribution is 6.30. The van der Waals surface area contributed by atoms with Gasteiger partial charge in [-0.15, -0.1) is 0 Å². The molecule has 0 aromatic heterocycles. The van der Waals surface area contributed by atoms with Crippen LogP contribution in [0.4, 0.5) is 0 Å². The highest BCUT2D eigenvalue weighted by Gasteiger charge is 2.25. The number of carbonyl (C=O) groups is 1. The van der Waals surface area contributed by atoms with Crippen molar-refractivity contribution >= 4 is 17.5 Å². The molecule has 0 saturated carbocycles. The second-order valence-electron chi connectivity index (χ2n) is 7.30. The van der Waals surface area contributed by atoms with E-state index in [-0.39, 0.29) is 11.8 Å².